The number of hydrogen-bond donors (Lipinski definition) is 1. The highest BCUT2D eigenvalue weighted by atomic mass is 32.1. The van der Waals surface area contributed by atoms with Crippen LogP contribution in [0.15, 0.2) is 35.8 Å². The normalized spacial score (nSPS) is 11.2. The minimum atomic E-state index is -0.137. The number of carbonyl (C=O) groups is 1. The van der Waals surface area contributed by atoms with Crippen molar-refractivity contribution in [1.29, 1.82) is 0 Å². The van der Waals surface area contributed by atoms with E-state index in [-0.39, 0.29) is 12.3 Å². The van der Waals surface area contributed by atoms with Gasteiger partial charge in [0, 0.05) is 29.9 Å². The molecule has 0 radical (unpaired) electrons. The lowest BCUT2D eigenvalue weighted by atomic mass is 10.1. The first-order valence-corrected chi connectivity index (χ1v) is 10.5. The zero-order valence-corrected chi connectivity index (χ0v) is 17.1. The number of aryl methyl sites for hydroxylation is 1. The highest BCUT2D eigenvalue weighted by Crippen LogP contribution is 2.25. The second-order valence-electron chi connectivity index (χ2n) is 6.22. The van der Waals surface area contributed by atoms with Gasteiger partial charge < -0.3 is 10.1 Å². The Hall–Kier alpha value is -2.62. The molecule has 0 aliphatic heterocycles. The maximum absolute atomic E-state index is 12.4. The Morgan fingerprint density at radius 2 is 2.07 bits per heavy atom. The smallest absolute Gasteiger partial charge is 0.232 e. The largest absolute Gasteiger partial charge is 0.377 e. The number of rotatable bonds is 7. The Balaban J connectivity index is 1.49. The quantitative estimate of drug-likeness (QED) is 0.498. The van der Waals surface area contributed by atoms with Crippen molar-refractivity contribution < 1.29 is 9.53 Å². The predicted molar refractivity (Wildman–Crippen MR) is 111 cm³/mol. The van der Waals surface area contributed by atoms with Gasteiger partial charge in [0.1, 0.15) is 11.6 Å². The number of ether oxygens (including phenoxy) is 1. The van der Waals surface area contributed by atoms with Crippen LogP contribution in [0, 0.1) is 0 Å². The molecule has 0 aliphatic rings. The Kier molecular flexibility index (Phi) is 5.47. The van der Waals surface area contributed by atoms with Crippen LogP contribution in [0.25, 0.3) is 16.2 Å². The first kappa shape index (κ1) is 18.7. The predicted octanol–water partition coefficient (Wildman–Crippen LogP) is 3.80. The lowest BCUT2D eigenvalue weighted by molar-refractivity contribution is -0.115. The third-order valence-electron chi connectivity index (χ3n) is 4.26. The van der Waals surface area contributed by atoms with E-state index in [1.54, 1.807) is 7.11 Å². The van der Waals surface area contributed by atoms with Crippen molar-refractivity contribution in [1.82, 2.24) is 19.6 Å². The van der Waals surface area contributed by atoms with Crippen molar-refractivity contribution in [2.45, 2.75) is 26.4 Å². The van der Waals surface area contributed by atoms with Crippen LogP contribution in [0.5, 0.6) is 0 Å². The Morgan fingerprint density at radius 1 is 1.25 bits per heavy atom. The second-order valence-corrected chi connectivity index (χ2v) is 8.11. The van der Waals surface area contributed by atoms with Gasteiger partial charge in [0.05, 0.1) is 12.1 Å². The molecule has 144 valence electrons. The van der Waals surface area contributed by atoms with Gasteiger partial charge in [0.25, 0.3) is 0 Å². The molecule has 7 nitrogen and oxygen atoms in total. The maximum atomic E-state index is 12.4. The molecule has 0 saturated heterocycles. The fourth-order valence-corrected chi connectivity index (χ4v) is 4.42. The van der Waals surface area contributed by atoms with Crippen LogP contribution in [0.4, 0.5) is 5.13 Å². The third kappa shape index (κ3) is 3.96. The highest BCUT2D eigenvalue weighted by molar-refractivity contribution is 7.15. The Morgan fingerprint density at radius 3 is 2.82 bits per heavy atom. The monoisotopic (exact) mass is 413 g/mol. The van der Waals surface area contributed by atoms with E-state index >= 15 is 0 Å². The molecule has 3 heterocycles. The van der Waals surface area contributed by atoms with Crippen molar-refractivity contribution in [2.24, 2.45) is 0 Å². The summed E-state index contributed by atoms with van der Waals surface area (Å²) >= 11 is 2.84. The molecule has 1 amide bonds. The van der Waals surface area contributed by atoms with Gasteiger partial charge in [-0.15, -0.1) is 21.5 Å². The van der Waals surface area contributed by atoms with E-state index in [2.05, 4.69) is 51.7 Å². The number of amides is 1. The van der Waals surface area contributed by atoms with E-state index < -0.39 is 0 Å². The Bertz CT molecular complexity index is 1100. The number of nitrogens with one attached hydrogen (secondary N) is 1. The van der Waals surface area contributed by atoms with Crippen LogP contribution in [-0.2, 0) is 29.0 Å². The highest BCUT2D eigenvalue weighted by Gasteiger charge is 2.14. The summed E-state index contributed by atoms with van der Waals surface area (Å²) in [4.78, 5) is 18.0. The van der Waals surface area contributed by atoms with E-state index in [9.17, 15) is 4.79 Å². The van der Waals surface area contributed by atoms with Gasteiger partial charge in [-0.2, -0.15) is 0 Å². The molecule has 1 aromatic carbocycles. The zero-order chi connectivity index (χ0) is 19.5. The number of benzene rings is 1. The van der Waals surface area contributed by atoms with E-state index in [1.807, 2.05) is 16.0 Å². The molecule has 0 aliphatic carbocycles. The van der Waals surface area contributed by atoms with E-state index in [0.29, 0.717) is 11.7 Å². The van der Waals surface area contributed by atoms with Gasteiger partial charge >= 0.3 is 0 Å². The molecule has 0 bridgehead atoms. The van der Waals surface area contributed by atoms with Crippen LogP contribution in [-0.4, -0.2) is 32.6 Å². The fourth-order valence-electron chi connectivity index (χ4n) is 2.82. The molecule has 0 fully saturated rings. The van der Waals surface area contributed by atoms with Crippen LogP contribution in [0.3, 0.4) is 0 Å². The molecule has 4 aromatic rings. The van der Waals surface area contributed by atoms with Gasteiger partial charge in [-0.25, -0.2) is 4.98 Å². The van der Waals surface area contributed by atoms with Gasteiger partial charge in [-0.3, -0.25) is 9.20 Å². The molecule has 0 spiro atoms. The van der Waals surface area contributed by atoms with E-state index in [1.165, 1.54) is 28.2 Å². The van der Waals surface area contributed by atoms with Crippen molar-refractivity contribution in [3.05, 3.63) is 52.1 Å². The van der Waals surface area contributed by atoms with Crippen LogP contribution in [0.2, 0.25) is 0 Å². The van der Waals surface area contributed by atoms with Crippen LogP contribution < -0.4 is 5.32 Å². The van der Waals surface area contributed by atoms with Gasteiger partial charge in [-0.05, 0) is 12.0 Å². The molecule has 4 rings (SSSR count). The molecule has 28 heavy (non-hydrogen) atoms. The number of hydrogen-bond acceptors (Lipinski definition) is 7. The molecular weight excluding hydrogens is 394 g/mol. The average Bonchev–Trinajstić information content (AvgIpc) is 3.40. The van der Waals surface area contributed by atoms with Gasteiger partial charge in [0.2, 0.25) is 11.0 Å². The summed E-state index contributed by atoms with van der Waals surface area (Å²) in [6.07, 6.45) is 3.24. The Labute approximate surface area is 170 Å². The lowest BCUT2D eigenvalue weighted by Gasteiger charge is -2.01. The van der Waals surface area contributed by atoms with Gasteiger partial charge in [0.15, 0.2) is 4.96 Å². The van der Waals surface area contributed by atoms with Crippen molar-refractivity contribution >= 4 is 38.7 Å². The average molecular weight is 414 g/mol. The zero-order valence-electron chi connectivity index (χ0n) is 15.5. The molecule has 1 N–H and O–H groups in total. The molecular formula is C19H19N5O2S2. The number of carbonyl (C=O) groups excluding carboxylic acids is 1. The summed E-state index contributed by atoms with van der Waals surface area (Å²) in [7, 11) is 1.60. The minimum absolute atomic E-state index is 0.137. The second kappa shape index (κ2) is 8.17. The summed E-state index contributed by atoms with van der Waals surface area (Å²) in [5.41, 5.74) is 4.17. The van der Waals surface area contributed by atoms with Gasteiger partial charge in [-0.1, -0.05) is 42.5 Å². The lowest BCUT2D eigenvalue weighted by Crippen LogP contribution is -2.15. The SMILES string of the molecule is CCc1ccc(-c2cn3c(CC(=O)Nc4nnc(COC)s4)csc3n2)cc1. The molecule has 3 aromatic heterocycles. The minimum Gasteiger partial charge on any atom is -0.377 e. The summed E-state index contributed by atoms with van der Waals surface area (Å²) in [5.74, 6) is -0.137. The number of thiazole rings is 1. The number of anilines is 1. The topological polar surface area (TPSA) is 81.4 Å². The van der Waals surface area contributed by atoms with Crippen LogP contribution >= 0.6 is 22.7 Å². The number of fused-ring (bicyclic) bond motifs is 1. The molecule has 0 saturated carbocycles. The molecule has 0 atom stereocenters. The van der Waals surface area contributed by atoms with Crippen molar-refractivity contribution in [2.75, 3.05) is 12.4 Å². The maximum Gasteiger partial charge on any atom is 0.232 e. The first-order chi connectivity index (χ1) is 13.7. The first-order valence-electron chi connectivity index (χ1n) is 8.82. The van der Waals surface area contributed by atoms with Crippen molar-refractivity contribution in [3.8, 4) is 11.3 Å². The number of aromatic nitrogens is 4. The summed E-state index contributed by atoms with van der Waals surface area (Å²) in [5, 5.41) is 13.9. The van der Waals surface area contributed by atoms with Crippen LogP contribution in [0.1, 0.15) is 23.2 Å². The fraction of sp³-hybridized carbons (Fsp3) is 0.263. The summed E-state index contributed by atoms with van der Waals surface area (Å²) < 4.78 is 6.99. The third-order valence-corrected chi connectivity index (χ3v) is 5.96. The molecule has 0 unspecified atom stereocenters. The summed E-state index contributed by atoms with van der Waals surface area (Å²) in [6, 6.07) is 8.42. The van der Waals surface area contributed by atoms with E-state index in [0.717, 1.165) is 33.3 Å². The number of imidazole rings is 1. The number of methoxy groups -OCH3 is 1. The van der Waals surface area contributed by atoms with Crippen molar-refractivity contribution in [3.63, 3.8) is 0 Å². The standard InChI is InChI=1S/C19H19N5O2S2/c1-3-12-4-6-13(7-5-12)15-9-24-14(11-27-19(24)20-15)8-16(25)21-18-23-22-17(28-18)10-26-2/h4-7,9,11H,3,8,10H2,1-2H3,(H,21,23,25). The summed E-state index contributed by atoms with van der Waals surface area (Å²) in [6.45, 7) is 2.52. The van der Waals surface area contributed by atoms with E-state index in [4.69, 9.17) is 4.74 Å². The molecule has 9 heteroatoms. The number of nitrogens with zero attached hydrogens (tertiary/aromatic N) is 4.